The molecular formula is C36H43N5O7S. The summed E-state index contributed by atoms with van der Waals surface area (Å²) in [5.41, 5.74) is 3.06. The van der Waals surface area contributed by atoms with Gasteiger partial charge in [-0.2, -0.15) is 4.31 Å². The number of ketones is 1. The van der Waals surface area contributed by atoms with Crippen molar-refractivity contribution in [2.45, 2.75) is 81.7 Å². The standard InChI is InChI=1S/C36H43N5O7S/c1-25(37)9-4-2-7-12-30(42)23-26-14-16-27(17-15-26)24-32(35(44)45)40-34(43)33-13-8-22-41(33)49(47,48)31-20-18-29(19-21-31)39-36(46)38-28-10-5-3-6-11-28/h3,5-6,10-11,14-21,32-33,37H,2,4,7-9,12-13,22-24H2,1H3,(H,40,43)(H,44,45)(H2,38,39,46)/t32-,33-/m0/s1. The van der Waals surface area contributed by atoms with E-state index >= 15 is 0 Å². The summed E-state index contributed by atoms with van der Waals surface area (Å²) in [6.07, 6.45) is 4.72. The van der Waals surface area contributed by atoms with Crippen LogP contribution in [0.1, 0.15) is 63.0 Å². The van der Waals surface area contributed by atoms with Gasteiger partial charge < -0.3 is 26.5 Å². The second kappa shape index (κ2) is 17.5. The lowest BCUT2D eigenvalue weighted by Gasteiger charge is -2.25. The van der Waals surface area contributed by atoms with E-state index in [-0.39, 0.29) is 36.5 Å². The Morgan fingerprint density at radius 2 is 1.47 bits per heavy atom. The van der Waals surface area contributed by atoms with Gasteiger partial charge in [0.05, 0.1) is 4.90 Å². The Bertz CT molecular complexity index is 1730. The Labute approximate surface area is 286 Å². The van der Waals surface area contributed by atoms with Crippen LogP contribution in [0.15, 0.2) is 83.8 Å². The topological polar surface area (TPSA) is 186 Å². The molecule has 0 radical (unpaired) electrons. The second-order valence-electron chi connectivity index (χ2n) is 12.2. The van der Waals surface area contributed by atoms with Gasteiger partial charge in [-0.25, -0.2) is 18.0 Å². The molecule has 4 rings (SSSR count). The molecule has 0 aliphatic carbocycles. The van der Waals surface area contributed by atoms with Crippen molar-refractivity contribution in [3.8, 4) is 0 Å². The monoisotopic (exact) mass is 689 g/mol. The number of benzene rings is 3. The summed E-state index contributed by atoms with van der Waals surface area (Å²) in [4.78, 5) is 50.1. The number of urea groups is 1. The van der Waals surface area contributed by atoms with Crippen LogP contribution < -0.4 is 16.0 Å². The van der Waals surface area contributed by atoms with E-state index in [9.17, 15) is 32.7 Å². The van der Waals surface area contributed by atoms with Gasteiger partial charge in [0.1, 0.15) is 17.9 Å². The molecule has 5 N–H and O–H groups in total. The number of anilines is 2. The van der Waals surface area contributed by atoms with Crippen LogP contribution in [0.2, 0.25) is 0 Å². The number of carbonyl (C=O) groups is 4. The van der Waals surface area contributed by atoms with Gasteiger partial charge in [0.25, 0.3) is 0 Å². The molecule has 1 fully saturated rings. The number of amides is 3. The number of rotatable bonds is 17. The molecule has 13 heteroatoms. The number of carbonyl (C=O) groups excluding carboxylic acids is 3. The van der Waals surface area contributed by atoms with Gasteiger partial charge in [-0.3, -0.25) is 9.59 Å². The van der Waals surface area contributed by atoms with E-state index in [1.54, 1.807) is 55.5 Å². The van der Waals surface area contributed by atoms with Gasteiger partial charge in [-0.1, -0.05) is 48.9 Å². The quantitative estimate of drug-likeness (QED) is 0.0928. The first-order valence-corrected chi connectivity index (χ1v) is 17.8. The van der Waals surface area contributed by atoms with Crippen molar-refractivity contribution in [1.82, 2.24) is 9.62 Å². The van der Waals surface area contributed by atoms with Crippen LogP contribution in [0.3, 0.4) is 0 Å². The number of unbranched alkanes of at least 4 members (excludes halogenated alkanes) is 2. The van der Waals surface area contributed by atoms with Crippen LogP contribution in [0.25, 0.3) is 0 Å². The summed E-state index contributed by atoms with van der Waals surface area (Å²) < 4.78 is 28.2. The summed E-state index contributed by atoms with van der Waals surface area (Å²) in [5, 5.41) is 25.2. The van der Waals surface area contributed by atoms with Crippen molar-refractivity contribution in [2.24, 2.45) is 0 Å². The van der Waals surface area contributed by atoms with E-state index in [1.165, 1.54) is 24.3 Å². The van der Waals surface area contributed by atoms with E-state index < -0.39 is 40.0 Å². The molecule has 3 amide bonds. The van der Waals surface area contributed by atoms with Crippen LogP contribution in [-0.4, -0.2) is 65.9 Å². The highest BCUT2D eigenvalue weighted by molar-refractivity contribution is 7.89. The van der Waals surface area contributed by atoms with Gasteiger partial charge in [-0.05, 0) is 86.6 Å². The number of Topliss-reactive ketones (excluding diaryl/α,β-unsaturated/α-hetero) is 1. The number of sulfonamides is 1. The molecule has 0 saturated carbocycles. The van der Waals surface area contributed by atoms with Crippen molar-refractivity contribution < 1.29 is 32.7 Å². The number of carboxylic acid groups (broad SMARTS) is 1. The fourth-order valence-electron chi connectivity index (χ4n) is 5.65. The minimum absolute atomic E-state index is 0.0203. The van der Waals surface area contributed by atoms with Crippen LogP contribution >= 0.6 is 0 Å². The number of hydrogen-bond donors (Lipinski definition) is 5. The predicted molar refractivity (Wildman–Crippen MR) is 187 cm³/mol. The average molecular weight is 690 g/mol. The van der Waals surface area contributed by atoms with Gasteiger partial charge in [0, 0.05) is 42.9 Å². The maximum absolute atomic E-state index is 13.6. The molecule has 1 aliphatic heterocycles. The normalized spacial score (nSPS) is 15.2. The summed E-state index contributed by atoms with van der Waals surface area (Å²) in [7, 11) is -4.11. The van der Waals surface area contributed by atoms with Gasteiger partial charge >= 0.3 is 12.0 Å². The van der Waals surface area contributed by atoms with Gasteiger partial charge in [0.2, 0.25) is 15.9 Å². The predicted octanol–water partition coefficient (Wildman–Crippen LogP) is 5.40. The molecule has 1 saturated heterocycles. The summed E-state index contributed by atoms with van der Waals surface area (Å²) in [5.74, 6) is -1.83. The Morgan fingerprint density at radius 1 is 0.857 bits per heavy atom. The number of carboxylic acids is 1. The number of hydrogen-bond acceptors (Lipinski definition) is 7. The van der Waals surface area contributed by atoms with Crippen LogP contribution in [0, 0.1) is 5.41 Å². The molecule has 0 spiro atoms. The third kappa shape index (κ3) is 11.1. The lowest BCUT2D eigenvalue weighted by molar-refractivity contribution is -0.142. The zero-order valence-corrected chi connectivity index (χ0v) is 28.3. The minimum atomic E-state index is -4.11. The lowest BCUT2D eigenvalue weighted by Crippen LogP contribution is -2.51. The maximum atomic E-state index is 13.6. The van der Waals surface area contributed by atoms with E-state index in [1.807, 2.05) is 6.07 Å². The highest BCUT2D eigenvalue weighted by Crippen LogP contribution is 2.27. The van der Waals surface area contributed by atoms with Crippen molar-refractivity contribution in [1.29, 1.82) is 5.41 Å². The molecule has 3 aromatic carbocycles. The fraction of sp³-hybridized carbons (Fsp3) is 0.361. The molecule has 0 aromatic heterocycles. The maximum Gasteiger partial charge on any atom is 0.326 e. The minimum Gasteiger partial charge on any atom is -0.480 e. The second-order valence-corrected chi connectivity index (χ2v) is 14.1. The van der Waals surface area contributed by atoms with E-state index in [4.69, 9.17) is 5.41 Å². The highest BCUT2D eigenvalue weighted by atomic mass is 32.2. The summed E-state index contributed by atoms with van der Waals surface area (Å²) >= 11 is 0. The number of nitrogens with one attached hydrogen (secondary N) is 4. The zero-order valence-electron chi connectivity index (χ0n) is 27.5. The Morgan fingerprint density at radius 3 is 2.10 bits per heavy atom. The smallest absolute Gasteiger partial charge is 0.326 e. The molecule has 0 bridgehead atoms. The van der Waals surface area contributed by atoms with E-state index in [0.29, 0.717) is 35.5 Å². The number of para-hydroxylation sites is 1. The molecule has 12 nitrogen and oxygen atoms in total. The summed E-state index contributed by atoms with van der Waals surface area (Å²) in [6.45, 7) is 1.87. The fourth-order valence-corrected chi connectivity index (χ4v) is 7.31. The van der Waals surface area contributed by atoms with Crippen LogP contribution in [0.4, 0.5) is 16.2 Å². The average Bonchev–Trinajstić information content (AvgIpc) is 3.57. The summed E-state index contributed by atoms with van der Waals surface area (Å²) in [6, 6.07) is 18.6. The van der Waals surface area contributed by atoms with Crippen molar-refractivity contribution >= 4 is 50.8 Å². The molecule has 49 heavy (non-hydrogen) atoms. The highest BCUT2D eigenvalue weighted by Gasteiger charge is 2.40. The molecule has 3 aromatic rings. The van der Waals surface area contributed by atoms with Gasteiger partial charge in [-0.15, -0.1) is 0 Å². The van der Waals surface area contributed by atoms with Crippen LogP contribution in [-0.2, 0) is 37.2 Å². The molecule has 0 unspecified atom stereocenters. The van der Waals surface area contributed by atoms with Crippen molar-refractivity contribution in [2.75, 3.05) is 17.2 Å². The SMILES string of the molecule is CC(=N)CCCCCC(=O)Cc1ccc(C[C@H](NC(=O)[C@@H]2CCCN2S(=O)(=O)c2ccc(NC(=O)Nc3ccccc3)cc2)C(=O)O)cc1. The number of aliphatic carboxylic acids is 1. The first kappa shape index (κ1) is 36.9. The van der Waals surface area contributed by atoms with Crippen molar-refractivity contribution in [3.63, 3.8) is 0 Å². The Kier molecular flexibility index (Phi) is 13.2. The van der Waals surface area contributed by atoms with Crippen LogP contribution in [0.5, 0.6) is 0 Å². The third-order valence-corrected chi connectivity index (χ3v) is 10.2. The first-order valence-electron chi connectivity index (χ1n) is 16.3. The Hall–Kier alpha value is -4.88. The van der Waals surface area contributed by atoms with E-state index in [0.717, 1.165) is 35.6 Å². The van der Waals surface area contributed by atoms with E-state index in [2.05, 4.69) is 16.0 Å². The molecule has 1 heterocycles. The first-order chi connectivity index (χ1) is 23.4. The zero-order chi connectivity index (χ0) is 35.4. The lowest BCUT2D eigenvalue weighted by atomic mass is 10.00. The Balaban J connectivity index is 1.31. The molecule has 260 valence electrons. The molecule has 2 atom stereocenters. The number of nitrogens with zero attached hydrogens (tertiary/aromatic N) is 1. The third-order valence-electron chi connectivity index (χ3n) is 8.24. The molecule has 1 aliphatic rings. The molecular weight excluding hydrogens is 646 g/mol. The van der Waals surface area contributed by atoms with Gasteiger partial charge in [0.15, 0.2) is 0 Å². The largest absolute Gasteiger partial charge is 0.480 e. The van der Waals surface area contributed by atoms with Crippen molar-refractivity contribution in [3.05, 3.63) is 90.0 Å².